The van der Waals surface area contributed by atoms with Gasteiger partial charge in [-0.2, -0.15) is 0 Å². The Morgan fingerprint density at radius 1 is 1.25 bits per heavy atom. The van der Waals surface area contributed by atoms with Crippen LogP contribution < -0.4 is 0 Å². The average molecular weight is 171 g/mol. The molecular weight excluding hydrogens is 162 g/mol. The van der Waals surface area contributed by atoms with E-state index in [-0.39, 0.29) is 6.04 Å². The zero-order chi connectivity index (χ0) is 8.88. The van der Waals surface area contributed by atoms with E-state index in [1.807, 2.05) is 0 Å². The van der Waals surface area contributed by atoms with Gasteiger partial charge in [-0.25, -0.2) is 0 Å². The Balaban J connectivity index is 2.16. The second kappa shape index (κ2) is 2.20. The third kappa shape index (κ3) is 0.896. The van der Waals surface area contributed by atoms with Gasteiger partial charge >= 0.3 is 11.9 Å². The van der Waals surface area contributed by atoms with Gasteiger partial charge in [0.1, 0.15) is 6.04 Å². The first kappa shape index (κ1) is 7.54. The summed E-state index contributed by atoms with van der Waals surface area (Å²) >= 11 is 0. The number of fused-ring (bicyclic) bond motifs is 1. The summed E-state index contributed by atoms with van der Waals surface area (Å²) in [7, 11) is 0. The minimum Gasteiger partial charge on any atom is -0.481 e. The Morgan fingerprint density at radius 3 is 2.33 bits per heavy atom. The van der Waals surface area contributed by atoms with Crippen molar-refractivity contribution < 1.29 is 19.8 Å². The van der Waals surface area contributed by atoms with Gasteiger partial charge in [-0.15, -0.1) is 0 Å². The molecular formula is C7H9NO4. The van der Waals surface area contributed by atoms with Crippen molar-refractivity contribution in [1.82, 2.24) is 4.90 Å². The molecule has 0 aromatic heterocycles. The zero-order valence-corrected chi connectivity index (χ0v) is 6.30. The largest absolute Gasteiger partial charge is 0.481 e. The van der Waals surface area contributed by atoms with E-state index >= 15 is 0 Å². The molecule has 0 saturated carbocycles. The van der Waals surface area contributed by atoms with Crippen molar-refractivity contribution in [3.8, 4) is 0 Å². The highest BCUT2D eigenvalue weighted by atomic mass is 16.4. The molecule has 4 atom stereocenters. The molecule has 2 saturated heterocycles. The number of hydrogen-bond donors (Lipinski definition) is 2. The van der Waals surface area contributed by atoms with Gasteiger partial charge in [-0.05, 0) is 6.42 Å². The number of rotatable bonds is 2. The lowest BCUT2D eigenvalue weighted by Crippen LogP contribution is -2.36. The van der Waals surface area contributed by atoms with Gasteiger partial charge in [-0.1, -0.05) is 0 Å². The molecule has 5 nitrogen and oxygen atoms in total. The summed E-state index contributed by atoms with van der Waals surface area (Å²) in [5.41, 5.74) is 0. The molecule has 2 aliphatic heterocycles. The third-order valence-corrected chi connectivity index (χ3v) is 2.59. The van der Waals surface area contributed by atoms with Crippen LogP contribution in [0.15, 0.2) is 0 Å². The van der Waals surface area contributed by atoms with E-state index in [9.17, 15) is 9.59 Å². The first-order chi connectivity index (χ1) is 5.61. The molecule has 0 radical (unpaired) electrons. The SMILES string of the molecule is O=C(O)C1[C@@H](C(=O)O)C[C@H]2CN12. The molecule has 2 rings (SSSR count). The highest BCUT2D eigenvalue weighted by Crippen LogP contribution is 2.40. The lowest BCUT2D eigenvalue weighted by atomic mass is 9.98. The number of aliphatic carboxylic acids is 2. The van der Waals surface area contributed by atoms with Gasteiger partial charge in [0.15, 0.2) is 0 Å². The number of carboxylic acid groups (broad SMARTS) is 2. The van der Waals surface area contributed by atoms with E-state index in [1.165, 1.54) is 0 Å². The molecule has 0 aliphatic carbocycles. The number of hydrogen-bond acceptors (Lipinski definition) is 3. The standard InChI is InChI=1S/C7H9NO4/c9-6(10)4-1-3-2-8(3)5(4)7(11)12/h3-5H,1-2H2,(H,9,10)(H,11,12)/t3-,4-,5?,8?/m0/s1. The fraction of sp³-hybridized carbons (Fsp3) is 0.714. The topological polar surface area (TPSA) is 77.6 Å². The summed E-state index contributed by atoms with van der Waals surface area (Å²) in [5.74, 6) is -2.71. The van der Waals surface area contributed by atoms with Gasteiger partial charge in [0.2, 0.25) is 0 Å². The minimum absolute atomic E-state index is 0.215. The second-order valence-corrected chi connectivity index (χ2v) is 3.31. The molecule has 2 unspecified atom stereocenters. The van der Waals surface area contributed by atoms with Crippen LogP contribution in [-0.2, 0) is 9.59 Å². The average Bonchev–Trinajstić information content (AvgIpc) is 2.60. The Labute approximate surface area is 68.6 Å². The van der Waals surface area contributed by atoms with Crippen LogP contribution in [0.3, 0.4) is 0 Å². The summed E-state index contributed by atoms with van der Waals surface area (Å²) < 4.78 is 0. The van der Waals surface area contributed by atoms with E-state index in [1.54, 1.807) is 4.90 Å². The minimum atomic E-state index is -1.01. The second-order valence-electron chi connectivity index (χ2n) is 3.31. The summed E-state index contributed by atoms with van der Waals surface area (Å²) in [4.78, 5) is 23.0. The molecule has 0 spiro atoms. The summed E-state index contributed by atoms with van der Waals surface area (Å²) in [6, 6.07) is -0.570. The Hall–Kier alpha value is -1.10. The molecule has 0 aromatic rings. The molecule has 0 aromatic carbocycles. The predicted molar refractivity (Wildman–Crippen MR) is 37.7 cm³/mol. The van der Waals surface area contributed by atoms with Crippen molar-refractivity contribution in [2.45, 2.75) is 18.5 Å². The molecule has 0 bridgehead atoms. The highest BCUT2D eigenvalue weighted by molar-refractivity contribution is 5.84. The monoisotopic (exact) mass is 171 g/mol. The molecule has 2 fully saturated rings. The van der Waals surface area contributed by atoms with E-state index in [4.69, 9.17) is 10.2 Å². The van der Waals surface area contributed by atoms with Crippen LogP contribution in [0.5, 0.6) is 0 Å². The number of carboxylic acids is 2. The number of nitrogens with zero attached hydrogens (tertiary/aromatic N) is 1. The van der Waals surface area contributed by atoms with Crippen molar-refractivity contribution in [2.75, 3.05) is 6.54 Å². The fourth-order valence-corrected chi connectivity index (χ4v) is 1.95. The number of piperidine rings is 1. The molecule has 2 N–H and O–H groups in total. The zero-order valence-electron chi connectivity index (χ0n) is 6.30. The normalized spacial score (nSPS) is 43.7. The van der Waals surface area contributed by atoms with Crippen molar-refractivity contribution in [2.24, 2.45) is 5.92 Å². The molecule has 66 valence electrons. The maximum atomic E-state index is 10.6. The maximum Gasteiger partial charge on any atom is 0.321 e. The molecule has 0 amide bonds. The van der Waals surface area contributed by atoms with Crippen molar-refractivity contribution in [3.05, 3.63) is 0 Å². The Bertz CT molecular complexity index is 252. The predicted octanol–water partition coefficient (Wildman–Crippen LogP) is -0.772. The lowest BCUT2D eigenvalue weighted by molar-refractivity contribution is -0.151. The van der Waals surface area contributed by atoms with E-state index in [2.05, 4.69) is 0 Å². The quantitative estimate of drug-likeness (QED) is 0.533. The fourth-order valence-electron chi connectivity index (χ4n) is 1.95. The lowest BCUT2D eigenvalue weighted by Gasteiger charge is -2.13. The van der Waals surface area contributed by atoms with E-state index in [0.717, 1.165) is 6.54 Å². The van der Waals surface area contributed by atoms with Gasteiger partial charge in [0, 0.05) is 12.6 Å². The molecule has 2 heterocycles. The van der Waals surface area contributed by atoms with Crippen LogP contribution in [0.1, 0.15) is 6.42 Å². The van der Waals surface area contributed by atoms with Crippen LogP contribution in [0.25, 0.3) is 0 Å². The summed E-state index contributed by atoms with van der Waals surface area (Å²) in [6.07, 6.45) is 0.492. The summed E-state index contributed by atoms with van der Waals surface area (Å²) in [5, 5.41) is 17.4. The first-order valence-corrected chi connectivity index (χ1v) is 3.82. The van der Waals surface area contributed by atoms with Crippen LogP contribution in [0, 0.1) is 5.92 Å². The Morgan fingerprint density at radius 2 is 1.92 bits per heavy atom. The summed E-state index contributed by atoms with van der Waals surface area (Å²) in [6.45, 7) is 0.751. The number of carbonyl (C=O) groups is 2. The van der Waals surface area contributed by atoms with Gasteiger partial charge < -0.3 is 10.2 Å². The van der Waals surface area contributed by atoms with Gasteiger partial charge in [0.05, 0.1) is 5.92 Å². The Kier molecular flexibility index (Phi) is 1.38. The third-order valence-electron chi connectivity index (χ3n) is 2.59. The highest BCUT2D eigenvalue weighted by Gasteiger charge is 2.56. The van der Waals surface area contributed by atoms with Crippen LogP contribution in [0.2, 0.25) is 0 Å². The maximum absolute atomic E-state index is 10.6. The van der Waals surface area contributed by atoms with Crippen molar-refractivity contribution in [1.29, 1.82) is 0 Å². The molecule has 5 heteroatoms. The van der Waals surface area contributed by atoms with E-state index in [0.29, 0.717) is 6.42 Å². The van der Waals surface area contributed by atoms with E-state index < -0.39 is 23.9 Å². The van der Waals surface area contributed by atoms with Crippen LogP contribution in [-0.4, -0.2) is 45.7 Å². The van der Waals surface area contributed by atoms with Gasteiger partial charge in [0.25, 0.3) is 0 Å². The van der Waals surface area contributed by atoms with Crippen LogP contribution in [0.4, 0.5) is 0 Å². The first-order valence-electron chi connectivity index (χ1n) is 3.82. The molecule has 2 aliphatic rings. The smallest absolute Gasteiger partial charge is 0.321 e. The van der Waals surface area contributed by atoms with Crippen LogP contribution >= 0.6 is 0 Å². The van der Waals surface area contributed by atoms with Crippen molar-refractivity contribution >= 4 is 11.9 Å². The molecule has 12 heavy (non-hydrogen) atoms. The van der Waals surface area contributed by atoms with Gasteiger partial charge in [-0.3, -0.25) is 14.5 Å². The van der Waals surface area contributed by atoms with Crippen molar-refractivity contribution in [3.63, 3.8) is 0 Å².